The minimum atomic E-state index is -0.880. The second kappa shape index (κ2) is 10.1. The zero-order valence-electron chi connectivity index (χ0n) is 15.5. The third-order valence-electron chi connectivity index (χ3n) is 3.72. The Morgan fingerprint density at radius 1 is 1.21 bits per heavy atom. The average molecular weight is 399 g/mol. The van der Waals surface area contributed by atoms with Gasteiger partial charge in [-0.1, -0.05) is 29.8 Å². The normalized spacial score (nSPS) is 10.7. The molecule has 1 amide bonds. The van der Waals surface area contributed by atoms with E-state index in [0.29, 0.717) is 34.2 Å². The second-order valence-electron chi connectivity index (χ2n) is 5.71. The van der Waals surface area contributed by atoms with E-state index in [1.807, 2.05) is 6.92 Å². The second-order valence-corrected chi connectivity index (χ2v) is 6.12. The summed E-state index contributed by atoms with van der Waals surface area (Å²) in [6.45, 7) is 3.66. The number of benzene rings is 2. The predicted molar refractivity (Wildman–Crippen MR) is 107 cm³/mol. The van der Waals surface area contributed by atoms with Crippen molar-refractivity contribution in [2.45, 2.75) is 13.8 Å². The molecule has 0 spiro atoms. The minimum absolute atomic E-state index is 0.212. The Morgan fingerprint density at radius 3 is 2.57 bits per heavy atom. The maximum atomic E-state index is 12.1. The fourth-order valence-electron chi connectivity index (χ4n) is 2.27. The van der Waals surface area contributed by atoms with E-state index in [-0.39, 0.29) is 5.57 Å². The summed E-state index contributed by atoms with van der Waals surface area (Å²) in [6.07, 6.45) is 1.39. The van der Waals surface area contributed by atoms with Crippen LogP contribution in [0.4, 0.5) is 5.69 Å². The van der Waals surface area contributed by atoms with Crippen LogP contribution in [0.2, 0.25) is 5.02 Å². The van der Waals surface area contributed by atoms with E-state index in [9.17, 15) is 14.9 Å². The van der Waals surface area contributed by atoms with Crippen molar-refractivity contribution in [1.82, 2.24) is 0 Å². The summed E-state index contributed by atoms with van der Waals surface area (Å²) in [5, 5.41) is 12.3. The molecule has 1 N–H and O–H groups in total. The first kappa shape index (κ1) is 21.0. The molecule has 7 heteroatoms. The number of nitrogens with one attached hydrogen (secondary N) is 1. The fraction of sp³-hybridized carbons (Fsp3) is 0.190. The first-order chi connectivity index (χ1) is 13.4. The maximum Gasteiger partial charge on any atom is 0.349 e. The molecule has 0 fully saturated rings. The van der Waals surface area contributed by atoms with Crippen LogP contribution in [0.1, 0.15) is 18.1 Å². The molecular weight excluding hydrogens is 380 g/mol. The van der Waals surface area contributed by atoms with Gasteiger partial charge in [-0.3, -0.25) is 4.79 Å². The summed E-state index contributed by atoms with van der Waals surface area (Å²) >= 11 is 6.00. The van der Waals surface area contributed by atoms with Crippen LogP contribution in [0, 0.1) is 18.3 Å². The molecule has 0 aliphatic carbocycles. The Bertz CT molecular complexity index is 930. The van der Waals surface area contributed by atoms with Crippen LogP contribution in [-0.4, -0.2) is 25.1 Å². The minimum Gasteiger partial charge on any atom is -0.494 e. The topological polar surface area (TPSA) is 88.4 Å². The molecular formula is C21H19ClN2O4. The number of anilines is 1. The Hall–Kier alpha value is -3.30. The van der Waals surface area contributed by atoms with Gasteiger partial charge >= 0.3 is 5.97 Å². The lowest BCUT2D eigenvalue weighted by atomic mass is 10.1. The van der Waals surface area contributed by atoms with Crippen LogP contribution in [-0.2, 0) is 14.3 Å². The summed E-state index contributed by atoms with van der Waals surface area (Å²) in [4.78, 5) is 24.1. The molecule has 28 heavy (non-hydrogen) atoms. The average Bonchev–Trinajstić information content (AvgIpc) is 2.69. The summed E-state index contributed by atoms with van der Waals surface area (Å²) < 4.78 is 10.3. The van der Waals surface area contributed by atoms with E-state index in [0.717, 1.165) is 0 Å². The largest absolute Gasteiger partial charge is 0.494 e. The van der Waals surface area contributed by atoms with E-state index in [1.54, 1.807) is 55.5 Å². The highest BCUT2D eigenvalue weighted by molar-refractivity contribution is 6.31. The first-order valence-electron chi connectivity index (χ1n) is 8.51. The third kappa shape index (κ3) is 5.86. The number of carbonyl (C=O) groups excluding carboxylic acids is 2. The number of halogens is 1. The zero-order valence-corrected chi connectivity index (χ0v) is 16.2. The Kier molecular flexibility index (Phi) is 7.61. The van der Waals surface area contributed by atoms with Crippen LogP contribution < -0.4 is 10.1 Å². The van der Waals surface area contributed by atoms with E-state index in [2.05, 4.69) is 5.32 Å². The highest BCUT2D eigenvalue weighted by Gasteiger charge is 2.14. The van der Waals surface area contributed by atoms with E-state index >= 15 is 0 Å². The monoisotopic (exact) mass is 398 g/mol. The number of nitrogens with zero attached hydrogens (tertiary/aromatic N) is 1. The molecule has 6 nitrogen and oxygen atoms in total. The smallest absolute Gasteiger partial charge is 0.349 e. The molecule has 0 heterocycles. The van der Waals surface area contributed by atoms with Gasteiger partial charge in [0.05, 0.1) is 6.61 Å². The molecule has 2 aromatic carbocycles. The molecule has 0 atom stereocenters. The van der Waals surface area contributed by atoms with Gasteiger partial charge in [-0.15, -0.1) is 0 Å². The van der Waals surface area contributed by atoms with Crippen molar-refractivity contribution < 1.29 is 19.1 Å². The Balaban J connectivity index is 1.97. The van der Waals surface area contributed by atoms with Gasteiger partial charge in [0.1, 0.15) is 17.4 Å². The first-order valence-corrected chi connectivity index (χ1v) is 8.89. The van der Waals surface area contributed by atoms with Crippen molar-refractivity contribution in [2.75, 3.05) is 18.5 Å². The van der Waals surface area contributed by atoms with Gasteiger partial charge in [0, 0.05) is 10.7 Å². The van der Waals surface area contributed by atoms with Crippen molar-refractivity contribution in [1.29, 1.82) is 5.26 Å². The van der Waals surface area contributed by atoms with Gasteiger partial charge in [0.15, 0.2) is 6.61 Å². The molecule has 0 saturated carbocycles. The molecule has 144 valence electrons. The number of hydrogen-bond acceptors (Lipinski definition) is 5. The third-order valence-corrected chi connectivity index (χ3v) is 4.13. The predicted octanol–water partition coefficient (Wildman–Crippen LogP) is 4.14. The van der Waals surface area contributed by atoms with Crippen molar-refractivity contribution in [3.8, 4) is 11.8 Å². The number of hydrogen-bond donors (Lipinski definition) is 1. The fourth-order valence-corrected chi connectivity index (χ4v) is 2.44. The molecule has 0 aromatic heterocycles. The lowest BCUT2D eigenvalue weighted by Crippen LogP contribution is -2.21. The molecule has 0 unspecified atom stereocenters. The number of ether oxygens (including phenoxy) is 2. The number of amides is 1. The van der Waals surface area contributed by atoms with Gasteiger partial charge in [0.25, 0.3) is 5.91 Å². The molecule has 0 bridgehead atoms. The molecule has 2 aromatic rings. The Morgan fingerprint density at radius 2 is 1.93 bits per heavy atom. The highest BCUT2D eigenvalue weighted by atomic mass is 35.5. The SMILES string of the molecule is CCOc1ccc(/C=C(\C#N)C(=O)OCC(=O)Nc2cccc(Cl)c2C)cc1. The van der Waals surface area contributed by atoms with Crippen LogP contribution in [0.5, 0.6) is 5.75 Å². The van der Waals surface area contributed by atoms with E-state index in [4.69, 9.17) is 21.1 Å². The van der Waals surface area contributed by atoms with Crippen LogP contribution >= 0.6 is 11.6 Å². The van der Waals surface area contributed by atoms with Gasteiger partial charge in [-0.05, 0) is 55.3 Å². The van der Waals surface area contributed by atoms with Crippen molar-refractivity contribution in [2.24, 2.45) is 0 Å². The Labute approximate surface area is 168 Å². The quantitative estimate of drug-likeness (QED) is 0.430. The van der Waals surface area contributed by atoms with Crippen LogP contribution in [0.25, 0.3) is 6.08 Å². The van der Waals surface area contributed by atoms with E-state index < -0.39 is 18.5 Å². The number of carbonyl (C=O) groups is 2. The van der Waals surface area contributed by atoms with Crippen LogP contribution in [0.3, 0.4) is 0 Å². The summed E-state index contributed by atoms with van der Waals surface area (Å²) in [5.41, 5.74) is 1.66. The molecule has 0 saturated heterocycles. The van der Waals surface area contributed by atoms with Crippen molar-refractivity contribution in [3.05, 3.63) is 64.2 Å². The van der Waals surface area contributed by atoms with Crippen molar-refractivity contribution >= 4 is 35.2 Å². The zero-order chi connectivity index (χ0) is 20.5. The molecule has 0 radical (unpaired) electrons. The maximum absolute atomic E-state index is 12.1. The summed E-state index contributed by atoms with van der Waals surface area (Å²) in [6, 6.07) is 13.8. The van der Waals surface area contributed by atoms with Crippen LogP contribution in [0.15, 0.2) is 48.0 Å². The van der Waals surface area contributed by atoms with E-state index in [1.165, 1.54) is 6.08 Å². The highest BCUT2D eigenvalue weighted by Crippen LogP contribution is 2.22. The standard InChI is InChI=1S/C21H19ClN2O4/c1-3-27-17-9-7-15(8-10-17)11-16(12-23)21(26)28-13-20(25)24-19-6-4-5-18(22)14(19)2/h4-11H,3,13H2,1-2H3,(H,24,25)/b16-11+. The molecule has 0 aliphatic heterocycles. The number of nitriles is 1. The van der Waals surface area contributed by atoms with Gasteiger partial charge in [-0.25, -0.2) is 4.79 Å². The summed E-state index contributed by atoms with van der Waals surface area (Å²) in [7, 11) is 0. The number of rotatable bonds is 7. The van der Waals surface area contributed by atoms with Gasteiger partial charge < -0.3 is 14.8 Å². The van der Waals surface area contributed by atoms with Gasteiger partial charge in [0.2, 0.25) is 0 Å². The number of esters is 1. The molecule has 2 rings (SSSR count). The molecule has 0 aliphatic rings. The van der Waals surface area contributed by atoms with Crippen molar-refractivity contribution in [3.63, 3.8) is 0 Å². The lowest BCUT2D eigenvalue weighted by molar-refractivity contribution is -0.142. The summed E-state index contributed by atoms with van der Waals surface area (Å²) in [5.74, 6) is -0.722. The van der Waals surface area contributed by atoms with Gasteiger partial charge in [-0.2, -0.15) is 5.26 Å². The lowest BCUT2D eigenvalue weighted by Gasteiger charge is -2.09.